The lowest BCUT2D eigenvalue weighted by Gasteiger charge is -2.05. The van der Waals surface area contributed by atoms with E-state index in [-0.39, 0.29) is 5.84 Å². The highest BCUT2D eigenvalue weighted by Gasteiger charge is 1.99. The van der Waals surface area contributed by atoms with Gasteiger partial charge < -0.3 is 16.3 Å². The van der Waals surface area contributed by atoms with Crippen LogP contribution >= 0.6 is 0 Å². The Bertz CT molecular complexity index is 418. The molecule has 1 aromatic carbocycles. The van der Waals surface area contributed by atoms with Gasteiger partial charge in [0, 0.05) is 34.9 Å². The minimum atomic E-state index is -0.714. The summed E-state index contributed by atoms with van der Waals surface area (Å²) in [6, 6.07) is 7.48. The summed E-state index contributed by atoms with van der Waals surface area (Å²) in [5.41, 5.74) is 7.29. The van der Waals surface area contributed by atoms with Crippen LogP contribution in [0.5, 0.6) is 0 Å². The van der Waals surface area contributed by atoms with Crippen LogP contribution in [0, 0.1) is 0 Å². The van der Waals surface area contributed by atoms with Crippen LogP contribution in [0.2, 0.25) is 0 Å². The van der Waals surface area contributed by atoms with Gasteiger partial charge in [0.1, 0.15) is 0 Å². The first-order valence-corrected chi connectivity index (χ1v) is 7.44. The molecule has 0 heterocycles. The maximum Gasteiger partial charge on any atom is 0.170 e. The molecule has 100 valence electrons. The SMILES string of the molecule is CS(=O)CCCNCc1ccc(/C(N)=N/O)cc1. The van der Waals surface area contributed by atoms with E-state index in [9.17, 15) is 4.21 Å². The van der Waals surface area contributed by atoms with Crippen LogP contribution in [0.25, 0.3) is 0 Å². The first-order valence-electron chi connectivity index (χ1n) is 5.71. The van der Waals surface area contributed by atoms with Gasteiger partial charge in [-0.2, -0.15) is 0 Å². The fourth-order valence-electron chi connectivity index (χ4n) is 1.48. The summed E-state index contributed by atoms with van der Waals surface area (Å²) in [5, 5.41) is 14.7. The Labute approximate surface area is 110 Å². The van der Waals surface area contributed by atoms with Gasteiger partial charge in [0.25, 0.3) is 0 Å². The lowest BCUT2D eigenvalue weighted by atomic mass is 10.1. The smallest absolute Gasteiger partial charge is 0.170 e. The molecule has 18 heavy (non-hydrogen) atoms. The van der Waals surface area contributed by atoms with Crippen LogP contribution in [-0.2, 0) is 17.3 Å². The second kappa shape index (κ2) is 7.84. The molecule has 5 nitrogen and oxygen atoms in total. The Balaban J connectivity index is 2.33. The molecule has 1 rings (SSSR count). The molecule has 1 aromatic rings. The monoisotopic (exact) mass is 269 g/mol. The second-order valence-electron chi connectivity index (χ2n) is 3.99. The standard InChI is InChI=1S/C12H19N3O2S/c1-18(17)8-2-7-14-9-10-3-5-11(6-4-10)12(13)15-16/h3-6,14,16H,2,7-9H2,1H3,(H2,13,15). The van der Waals surface area contributed by atoms with Crippen LogP contribution in [0.3, 0.4) is 0 Å². The van der Waals surface area contributed by atoms with E-state index in [0.29, 0.717) is 5.56 Å². The summed E-state index contributed by atoms with van der Waals surface area (Å²) < 4.78 is 10.8. The van der Waals surface area contributed by atoms with Crippen LogP contribution < -0.4 is 11.1 Å². The zero-order valence-corrected chi connectivity index (χ0v) is 11.2. The molecule has 0 amide bonds. The molecule has 0 radical (unpaired) electrons. The Morgan fingerprint density at radius 2 is 2.11 bits per heavy atom. The third-order valence-corrected chi connectivity index (χ3v) is 3.34. The van der Waals surface area contributed by atoms with Crippen molar-refractivity contribution in [3.8, 4) is 0 Å². The van der Waals surface area contributed by atoms with Crippen LogP contribution in [0.1, 0.15) is 17.5 Å². The van der Waals surface area contributed by atoms with Gasteiger partial charge in [-0.05, 0) is 18.5 Å². The summed E-state index contributed by atoms with van der Waals surface area (Å²) >= 11 is 0. The fourth-order valence-corrected chi connectivity index (χ4v) is 2.04. The Morgan fingerprint density at radius 3 is 2.67 bits per heavy atom. The highest BCUT2D eigenvalue weighted by molar-refractivity contribution is 7.84. The van der Waals surface area contributed by atoms with E-state index in [1.165, 1.54) is 0 Å². The molecule has 0 fully saturated rings. The first-order chi connectivity index (χ1) is 8.63. The molecule has 0 aliphatic rings. The predicted molar refractivity (Wildman–Crippen MR) is 74.2 cm³/mol. The minimum absolute atomic E-state index is 0.111. The van der Waals surface area contributed by atoms with Crippen molar-refractivity contribution in [1.82, 2.24) is 5.32 Å². The predicted octanol–water partition coefficient (Wildman–Crippen LogP) is 0.639. The number of oxime groups is 1. The van der Waals surface area contributed by atoms with E-state index in [1.807, 2.05) is 24.3 Å². The molecule has 1 unspecified atom stereocenters. The Morgan fingerprint density at radius 1 is 1.44 bits per heavy atom. The second-order valence-corrected chi connectivity index (χ2v) is 5.54. The Kier molecular flexibility index (Phi) is 6.38. The van der Waals surface area contributed by atoms with Crippen molar-refractivity contribution in [2.45, 2.75) is 13.0 Å². The van der Waals surface area contributed by atoms with E-state index in [4.69, 9.17) is 10.9 Å². The highest BCUT2D eigenvalue weighted by atomic mass is 32.2. The third-order valence-electron chi connectivity index (χ3n) is 2.47. The summed E-state index contributed by atoms with van der Waals surface area (Å²) in [5.74, 6) is 0.843. The average molecular weight is 269 g/mol. The average Bonchev–Trinajstić information content (AvgIpc) is 2.38. The van der Waals surface area contributed by atoms with E-state index in [2.05, 4.69) is 10.5 Å². The number of rotatable bonds is 7. The largest absolute Gasteiger partial charge is 0.409 e. The molecule has 0 aliphatic carbocycles. The number of amidine groups is 1. The van der Waals surface area contributed by atoms with Crippen LogP contribution in [0.15, 0.2) is 29.4 Å². The molecule has 0 saturated heterocycles. The highest BCUT2D eigenvalue weighted by Crippen LogP contribution is 2.04. The van der Waals surface area contributed by atoms with Gasteiger partial charge in [-0.15, -0.1) is 0 Å². The number of benzene rings is 1. The molecule has 0 aromatic heterocycles. The van der Waals surface area contributed by atoms with Crippen molar-refractivity contribution in [1.29, 1.82) is 0 Å². The molecule has 1 atom stereocenters. The summed E-state index contributed by atoms with van der Waals surface area (Å²) in [6.07, 6.45) is 2.62. The molecular weight excluding hydrogens is 250 g/mol. The van der Waals surface area contributed by atoms with Gasteiger partial charge in [0.2, 0.25) is 0 Å². The van der Waals surface area contributed by atoms with E-state index < -0.39 is 10.8 Å². The molecule has 6 heteroatoms. The maximum absolute atomic E-state index is 10.8. The lowest BCUT2D eigenvalue weighted by molar-refractivity contribution is 0.318. The van der Waals surface area contributed by atoms with Gasteiger partial charge >= 0.3 is 0 Å². The summed E-state index contributed by atoms with van der Waals surface area (Å²) in [4.78, 5) is 0. The van der Waals surface area contributed by atoms with Gasteiger partial charge in [-0.3, -0.25) is 4.21 Å². The fraction of sp³-hybridized carbons (Fsp3) is 0.417. The summed E-state index contributed by atoms with van der Waals surface area (Å²) in [7, 11) is -0.714. The van der Waals surface area contributed by atoms with Crippen molar-refractivity contribution >= 4 is 16.6 Å². The van der Waals surface area contributed by atoms with E-state index >= 15 is 0 Å². The number of nitrogens with two attached hydrogens (primary N) is 1. The zero-order valence-electron chi connectivity index (χ0n) is 10.4. The summed E-state index contributed by atoms with van der Waals surface area (Å²) in [6.45, 7) is 1.61. The molecular formula is C12H19N3O2S. The van der Waals surface area contributed by atoms with Gasteiger partial charge in [0.15, 0.2) is 5.84 Å². The van der Waals surface area contributed by atoms with Crippen LogP contribution in [0.4, 0.5) is 0 Å². The number of hydrogen-bond acceptors (Lipinski definition) is 4. The zero-order chi connectivity index (χ0) is 13.4. The van der Waals surface area contributed by atoms with Gasteiger partial charge in [-0.25, -0.2) is 0 Å². The number of nitrogens with one attached hydrogen (secondary N) is 1. The molecule has 0 bridgehead atoms. The molecule has 0 aliphatic heterocycles. The van der Waals surface area contributed by atoms with Crippen molar-refractivity contribution in [3.63, 3.8) is 0 Å². The molecule has 4 N–H and O–H groups in total. The van der Waals surface area contributed by atoms with Crippen molar-refractivity contribution < 1.29 is 9.42 Å². The van der Waals surface area contributed by atoms with Crippen molar-refractivity contribution in [2.75, 3.05) is 18.6 Å². The lowest BCUT2D eigenvalue weighted by Crippen LogP contribution is -2.17. The van der Waals surface area contributed by atoms with Crippen LogP contribution in [-0.4, -0.2) is 33.8 Å². The number of hydrogen-bond donors (Lipinski definition) is 3. The normalized spacial score (nSPS) is 13.5. The van der Waals surface area contributed by atoms with E-state index in [0.717, 1.165) is 30.8 Å². The molecule has 0 saturated carbocycles. The van der Waals surface area contributed by atoms with Crippen molar-refractivity contribution in [3.05, 3.63) is 35.4 Å². The quantitative estimate of drug-likeness (QED) is 0.223. The van der Waals surface area contributed by atoms with E-state index in [1.54, 1.807) is 6.26 Å². The Hall–Kier alpha value is -1.40. The van der Waals surface area contributed by atoms with Crippen molar-refractivity contribution in [2.24, 2.45) is 10.9 Å². The van der Waals surface area contributed by atoms with Gasteiger partial charge in [-0.1, -0.05) is 29.4 Å². The first kappa shape index (κ1) is 14.7. The third kappa shape index (κ3) is 5.29. The minimum Gasteiger partial charge on any atom is -0.409 e. The maximum atomic E-state index is 10.8. The van der Waals surface area contributed by atoms with Gasteiger partial charge in [0.05, 0.1) is 0 Å². The molecule has 0 spiro atoms. The topological polar surface area (TPSA) is 87.7 Å². The number of nitrogens with zero attached hydrogens (tertiary/aromatic N) is 1.